The molecule has 0 spiro atoms. The van der Waals surface area contributed by atoms with E-state index in [1.54, 1.807) is 13.2 Å². The summed E-state index contributed by atoms with van der Waals surface area (Å²) in [6.07, 6.45) is 0.510. The van der Waals surface area contributed by atoms with Gasteiger partial charge in [-0.2, -0.15) is 0 Å². The SMILES string of the molecule is CCC(=O)N1Cc2ccc(-c3ccc(F)cc3OCCOC)cc2C1. The predicted molar refractivity (Wildman–Crippen MR) is 93.8 cm³/mol. The fourth-order valence-corrected chi connectivity index (χ4v) is 3.05. The Morgan fingerprint density at radius 3 is 2.68 bits per heavy atom. The molecule has 132 valence electrons. The summed E-state index contributed by atoms with van der Waals surface area (Å²) in [5.74, 6) is 0.316. The van der Waals surface area contributed by atoms with Gasteiger partial charge in [0.15, 0.2) is 0 Å². The average molecular weight is 343 g/mol. The third-order valence-electron chi connectivity index (χ3n) is 4.38. The van der Waals surface area contributed by atoms with Crippen molar-refractivity contribution in [1.82, 2.24) is 4.90 Å². The van der Waals surface area contributed by atoms with Crippen LogP contribution in [0.4, 0.5) is 4.39 Å². The van der Waals surface area contributed by atoms with Crippen LogP contribution in [0, 0.1) is 5.82 Å². The smallest absolute Gasteiger partial charge is 0.222 e. The van der Waals surface area contributed by atoms with Crippen molar-refractivity contribution >= 4 is 5.91 Å². The minimum atomic E-state index is -0.336. The molecule has 0 aromatic heterocycles. The molecule has 1 aliphatic heterocycles. The van der Waals surface area contributed by atoms with Gasteiger partial charge in [-0.25, -0.2) is 4.39 Å². The van der Waals surface area contributed by atoms with Gasteiger partial charge in [-0.05, 0) is 34.9 Å². The number of nitrogens with zero attached hydrogens (tertiary/aromatic N) is 1. The molecule has 1 aliphatic rings. The van der Waals surface area contributed by atoms with Crippen molar-refractivity contribution in [2.24, 2.45) is 0 Å². The topological polar surface area (TPSA) is 38.8 Å². The fourth-order valence-electron chi connectivity index (χ4n) is 3.05. The van der Waals surface area contributed by atoms with Gasteiger partial charge in [0.25, 0.3) is 0 Å². The molecule has 0 radical (unpaired) electrons. The number of hydrogen-bond acceptors (Lipinski definition) is 3. The van der Waals surface area contributed by atoms with Crippen LogP contribution in [0.1, 0.15) is 24.5 Å². The van der Waals surface area contributed by atoms with Crippen molar-refractivity contribution in [1.29, 1.82) is 0 Å². The lowest BCUT2D eigenvalue weighted by atomic mass is 10.00. The van der Waals surface area contributed by atoms with E-state index in [0.29, 0.717) is 38.5 Å². The monoisotopic (exact) mass is 343 g/mol. The van der Waals surface area contributed by atoms with Gasteiger partial charge in [-0.15, -0.1) is 0 Å². The highest BCUT2D eigenvalue weighted by Crippen LogP contribution is 2.34. The third-order valence-corrected chi connectivity index (χ3v) is 4.38. The van der Waals surface area contributed by atoms with E-state index in [4.69, 9.17) is 9.47 Å². The number of benzene rings is 2. The first-order chi connectivity index (χ1) is 12.1. The van der Waals surface area contributed by atoms with E-state index in [1.807, 2.05) is 24.0 Å². The molecule has 1 amide bonds. The molecule has 4 nitrogen and oxygen atoms in total. The summed E-state index contributed by atoms with van der Waals surface area (Å²) in [5.41, 5.74) is 4.08. The standard InChI is InChI=1S/C20H22FNO3/c1-3-20(23)22-12-15-5-4-14(10-16(15)13-22)18-7-6-17(21)11-19(18)25-9-8-24-2/h4-7,10-11H,3,8-9,12-13H2,1-2H3. The highest BCUT2D eigenvalue weighted by atomic mass is 19.1. The Morgan fingerprint density at radius 2 is 1.92 bits per heavy atom. The van der Waals surface area contributed by atoms with Gasteiger partial charge in [0, 0.05) is 38.2 Å². The van der Waals surface area contributed by atoms with Crippen LogP contribution in [0.25, 0.3) is 11.1 Å². The zero-order valence-electron chi connectivity index (χ0n) is 14.5. The minimum absolute atomic E-state index is 0.156. The summed E-state index contributed by atoms with van der Waals surface area (Å²) in [5, 5.41) is 0. The second-order valence-corrected chi connectivity index (χ2v) is 6.07. The molecular weight excluding hydrogens is 321 g/mol. The van der Waals surface area contributed by atoms with Crippen LogP contribution in [0.3, 0.4) is 0 Å². The first-order valence-electron chi connectivity index (χ1n) is 8.43. The molecule has 0 saturated carbocycles. The normalized spacial score (nSPS) is 13.0. The van der Waals surface area contributed by atoms with E-state index >= 15 is 0 Å². The maximum Gasteiger partial charge on any atom is 0.222 e. The zero-order valence-corrected chi connectivity index (χ0v) is 14.5. The Morgan fingerprint density at radius 1 is 1.12 bits per heavy atom. The van der Waals surface area contributed by atoms with Crippen molar-refractivity contribution in [3.63, 3.8) is 0 Å². The second-order valence-electron chi connectivity index (χ2n) is 6.07. The van der Waals surface area contributed by atoms with Gasteiger partial charge in [0.2, 0.25) is 5.91 Å². The van der Waals surface area contributed by atoms with Gasteiger partial charge in [-0.3, -0.25) is 4.79 Å². The number of hydrogen-bond donors (Lipinski definition) is 0. The lowest BCUT2D eigenvalue weighted by molar-refractivity contribution is -0.131. The van der Waals surface area contributed by atoms with E-state index in [1.165, 1.54) is 12.1 Å². The Hall–Kier alpha value is -2.40. The van der Waals surface area contributed by atoms with Crippen LogP contribution < -0.4 is 4.74 Å². The summed E-state index contributed by atoms with van der Waals surface area (Å²) >= 11 is 0. The Kier molecular flexibility index (Phi) is 5.34. The lowest BCUT2D eigenvalue weighted by Gasteiger charge is -2.13. The molecular formula is C20H22FNO3. The van der Waals surface area contributed by atoms with Crippen molar-refractivity contribution in [2.45, 2.75) is 26.4 Å². The molecule has 0 saturated heterocycles. The maximum absolute atomic E-state index is 13.6. The fraction of sp³-hybridized carbons (Fsp3) is 0.350. The number of fused-ring (bicyclic) bond motifs is 1. The number of ether oxygens (including phenoxy) is 2. The lowest BCUT2D eigenvalue weighted by Crippen LogP contribution is -2.23. The summed E-state index contributed by atoms with van der Waals surface area (Å²) in [4.78, 5) is 13.8. The molecule has 0 fully saturated rings. The number of methoxy groups -OCH3 is 1. The number of amides is 1. The molecule has 0 N–H and O–H groups in total. The van der Waals surface area contributed by atoms with Gasteiger partial charge in [-0.1, -0.05) is 19.1 Å². The maximum atomic E-state index is 13.6. The molecule has 3 rings (SSSR count). The van der Waals surface area contributed by atoms with Crippen LogP contribution >= 0.6 is 0 Å². The first-order valence-corrected chi connectivity index (χ1v) is 8.43. The highest BCUT2D eigenvalue weighted by Gasteiger charge is 2.22. The van der Waals surface area contributed by atoms with Crippen molar-refractivity contribution in [3.8, 4) is 16.9 Å². The van der Waals surface area contributed by atoms with Gasteiger partial charge >= 0.3 is 0 Å². The molecule has 5 heteroatoms. The number of carbonyl (C=O) groups is 1. The minimum Gasteiger partial charge on any atom is -0.490 e. The van der Waals surface area contributed by atoms with Crippen LogP contribution in [0.2, 0.25) is 0 Å². The number of carbonyl (C=O) groups excluding carboxylic acids is 1. The van der Waals surface area contributed by atoms with E-state index < -0.39 is 0 Å². The molecule has 0 bridgehead atoms. The molecule has 2 aromatic rings. The van der Waals surface area contributed by atoms with E-state index in [0.717, 1.165) is 22.3 Å². The largest absolute Gasteiger partial charge is 0.490 e. The Bertz CT molecular complexity index is 776. The van der Waals surface area contributed by atoms with Crippen molar-refractivity contribution in [3.05, 3.63) is 53.3 Å². The second kappa shape index (κ2) is 7.66. The first kappa shape index (κ1) is 17.4. The predicted octanol–water partition coefficient (Wildman–Crippen LogP) is 3.77. The summed E-state index contributed by atoms with van der Waals surface area (Å²) in [7, 11) is 1.60. The molecule has 0 unspecified atom stereocenters. The van der Waals surface area contributed by atoms with Gasteiger partial charge in [0.1, 0.15) is 18.2 Å². The van der Waals surface area contributed by atoms with Gasteiger partial charge in [0.05, 0.1) is 6.61 Å². The number of rotatable bonds is 6. The Balaban J connectivity index is 1.88. The molecule has 0 atom stereocenters. The molecule has 2 aromatic carbocycles. The highest BCUT2D eigenvalue weighted by molar-refractivity contribution is 5.77. The van der Waals surface area contributed by atoms with Crippen LogP contribution in [-0.2, 0) is 22.6 Å². The van der Waals surface area contributed by atoms with Crippen molar-refractivity contribution < 1.29 is 18.7 Å². The van der Waals surface area contributed by atoms with E-state index in [-0.39, 0.29) is 11.7 Å². The summed E-state index contributed by atoms with van der Waals surface area (Å²) in [6.45, 7) is 3.95. The number of halogens is 1. The van der Waals surface area contributed by atoms with Crippen LogP contribution in [-0.4, -0.2) is 31.1 Å². The molecule has 25 heavy (non-hydrogen) atoms. The van der Waals surface area contributed by atoms with Crippen LogP contribution in [0.15, 0.2) is 36.4 Å². The average Bonchev–Trinajstić information content (AvgIpc) is 3.04. The zero-order chi connectivity index (χ0) is 17.8. The van der Waals surface area contributed by atoms with Gasteiger partial charge < -0.3 is 14.4 Å². The summed E-state index contributed by atoms with van der Waals surface area (Å²) < 4.78 is 24.3. The van der Waals surface area contributed by atoms with E-state index in [2.05, 4.69) is 6.07 Å². The summed E-state index contributed by atoms with van der Waals surface area (Å²) in [6, 6.07) is 10.6. The quantitative estimate of drug-likeness (QED) is 0.750. The molecule has 0 aliphatic carbocycles. The van der Waals surface area contributed by atoms with Crippen LogP contribution in [0.5, 0.6) is 5.75 Å². The van der Waals surface area contributed by atoms with E-state index in [9.17, 15) is 9.18 Å². The third kappa shape index (κ3) is 3.82. The molecule has 1 heterocycles. The Labute approximate surface area is 147 Å². The van der Waals surface area contributed by atoms with Crippen molar-refractivity contribution in [2.75, 3.05) is 20.3 Å².